The van der Waals surface area contributed by atoms with Gasteiger partial charge in [-0.2, -0.15) is 10.4 Å². The van der Waals surface area contributed by atoms with Gasteiger partial charge in [-0.1, -0.05) is 41.9 Å². The van der Waals surface area contributed by atoms with Crippen LogP contribution in [0, 0.1) is 11.3 Å². The van der Waals surface area contributed by atoms with Crippen molar-refractivity contribution in [3.05, 3.63) is 71.4 Å². The smallest absolute Gasteiger partial charge is 0.153 e. The molecule has 0 saturated carbocycles. The molecule has 0 aliphatic rings. The number of nitrogens with zero attached hydrogens (tertiary/aromatic N) is 6. The Hall–Kier alpha value is -3.50. The van der Waals surface area contributed by atoms with E-state index in [2.05, 4.69) is 20.3 Å². The zero-order valence-electron chi connectivity index (χ0n) is 14.3. The second-order valence-corrected chi connectivity index (χ2v) is 6.27. The van der Waals surface area contributed by atoms with Crippen molar-refractivity contribution in [3.63, 3.8) is 0 Å². The molecule has 4 rings (SSSR count). The summed E-state index contributed by atoms with van der Waals surface area (Å²) in [5.74, 6) is 0.382. The Morgan fingerprint density at radius 2 is 2.00 bits per heavy atom. The van der Waals surface area contributed by atoms with E-state index >= 15 is 0 Å². The highest BCUT2D eigenvalue weighted by Crippen LogP contribution is 2.30. The Morgan fingerprint density at radius 3 is 2.78 bits per heavy atom. The van der Waals surface area contributed by atoms with E-state index in [0.29, 0.717) is 5.82 Å². The molecule has 0 aliphatic carbocycles. The summed E-state index contributed by atoms with van der Waals surface area (Å²) in [6, 6.07) is 13.7. The summed E-state index contributed by atoms with van der Waals surface area (Å²) in [5, 5.41) is 17.4. The summed E-state index contributed by atoms with van der Waals surface area (Å²) in [5.41, 5.74) is 3.68. The summed E-state index contributed by atoms with van der Waals surface area (Å²) < 4.78 is 1.74. The third kappa shape index (κ3) is 3.18. The van der Waals surface area contributed by atoms with Gasteiger partial charge in [0.15, 0.2) is 10.8 Å². The number of benzene rings is 1. The molecule has 0 aliphatic heterocycles. The predicted octanol–water partition coefficient (Wildman–Crippen LogP) is 3.88. The van der Waals surface area contributed by atoms with Crippen molar-refractivity contribution >= 4 is 23.1 Å². The number of nitriles is 1. The van der Waals surface area contributed by atoms with Crippen LogP contribution in [0.3, 0.4) is 0 Å². The molecule has 0 spiro atoms. The fourth-order valence-electron chi connectivity index (χ4n) is 2.88. The van der Waals surface area contributed by atoms with Crippen LogP contribution in [0.5, 0.6) is 0 Å². The second-order valence-electron chi connectivity index (χ2n) is 5.91. The largest absolute Gasteiger partial charge is 0.362 e. The zero-order valence-corrected chi connectivity index (χ0v) is 15.1. The lowest BCUT2D eigenvalue weighted by Crippen LogP contribution is -2.13. The Bertz CT molecular complexity index is 1150. The van der Waals surface area contributed by atoms with E-state index < -0.39 is 0 Å². The number of rotatable bonds is 4. The first-order valence-corrected chi connectivity index (χ1v) is 8.62. The minimum absolute atomic E-state index is 0.118. The zero-order chi connectivity index (χ0) is 18.8. The van der Waals surface area contributed by atoms with Crippen molar-refractivity contribution in [1.82, 2.24) is 24.6 Å². The lowest BCUT2D eigenvalue weighted by Gasteiger charge is -2.19. The average molecular weight is 376 g/mol. The summed E-state index contributed by atoms with van der Waals surface area (Å²) in [6.45, 7) is 1.97. The Labute approximate surface area is 160 Å². The van der Waals surface area contributed by atoms with Crippen molar-refractivity contribution in [2.24, 2.45) is 0 Å². The van der Waals surface area contributed by atoms with Gasteiger partial charge < -0.3 is 5.32 Å². The number of imidazole rings is 1. The topological polar surface area (TPSA) is 91.8 Å². The highest BCUT2D eigenvalue weighted by Gasteiger charge is 2.18. The summed E-state index contributed by atoms with van der Waals surface area (Å²) >= 11 is 6.01. The molecule has 0 radical (unpaired) electrons. The predicted molar refractivity (Wildman–Crippen MR) is 102 cm³/mol. The third-order valence-electron chi connectivity index (χ3n) is 4.19. The van der Waals surface area contributed by atoms with Gasteiger partial charge in [-0.15, -0.1) is 0 Å². The van der Waals surface area contributed by atoms with E-state index in [1.165, 1.54) is 6.33 Å². The first kappa shape index (κ1) is 16.9. The van der Waals surface area contributed by atoms with Crippen LogP contribution in [0.2, 0.25) is 5.15 Å². The molecule has 1 unspecified atom stereocenters. The van der Waals surface area contributed by atoms with Crippen molar-refractivity contribution in [3.8, 4) is 17.3 Å². The summed E-state index contributed by atoms with van der Waals surface area (Å²) in [6.07, 6.45) is 4.84. The van der Waals surface area contributed by atoms with E-state index in [4.69, 9.17) is 16.7 Å². The van der Waals surface area contributed by atoms with Gasteiger partial charge >= 0.3 is 0 Å². The molecule has 3 heterocycles. The van der Waals surface area contributed by atoms with Crippen molar-refractivity contribution in [1.29, 1.82) is 5.26 Å². The number of halogens is 1. The van der Waals surface area contributed by atoms with Crippen LogP contribution in [-0.2, 0) is 0 Å². The number of anilines is 1. The van der Waals surface area contributed by atoms with Gasteiger partial charge in [0.2, 0.25) is 0 Å². The van der Waals surface area contributed by atoms with Gasteiger partial charge in [-0.05, 0) is 13.0 Å². The maximum absolute atomic E-state index is 9.35. The first-order chi connectivity index (χ1) is 13.2. The van der Waals surface area contributed by atoms with Crippen LogP contribution < -0.4 is 5.32 Å². The molecule has 0 saturated heterocycles. The van der Waals surface area contributed by atoms with E-state index in [-0.39, 0.29) is 16.8 Å². The Balaban J connectivity index is 1.81. The van der Waals surface area contributed by atoms with Gasteiger partial charge in [0.25, 0.3) is 0 Å². The minimum Gasteiger partial charge on any atom is -0.362 e. The summed E-state index contributed by atoms with van der Waals surface area (Å²) in [4.78, 5) is 12.3. The monoisotopic (exact) mass is 375 g/mol. The number of hydrogen-bond acceptors (Lipinski definition) is 6. The van der Waals surface area contributed by atoms with Gasteiger partial charge in [0, 0.05) is 23.5 Å². The Kier molecular flexibility index (Phi) is 4.40. The van der Waals surface area contributed by atoms with E-state index in [9.17, 15) is 5.26 Å². The van der Waals surface area contributed by atoms with Crippen LogP contribution in [-0.4, -0.2) is 24.6 Å². The van der Waals surface area contributed by atoms with Crippen LogP contribution in [0.25, 0.3) is 16.9 Å². The highest BCUT2D eigenvalue weighted by atomic mass is 35.5. The fourth-order valence-corrected chi connectivity index (χ4v) is 3.05. The van der Waals surface area contributed by atoms with Gasteiger partial charge in [0.05, 0.1) is 11.7 Å². The van der Waals surface area contributed by atoms with Crippen molar-refractivity contribution < 1.29 is 0 Å². The first-order valence-electron chi connectivity index (χ1n) is 8.24. The normalized spacial score (nSPS) is 11.9. The van der Waals surface area contributed by atoms with Crippen LogP contribution in [0.15, 0.2) is 55.1 Å². The number of aromatic nitrogens is 5. The maximum Gasteiger partial charge on any atom is 0.153 e. The third-order valence-corrected chi connectivity index (χ3v) is 4.48. The van der Waals surface area contributed by atoms with Crippen LogP contribution in [0.4, 0.5) is 5.82 Å². The molecule has 0 bridgehead atoms. The molecule has 4 aromatic rings. The standard InChI is InChI=1S/C19H14ClN7/c1-12(25-19-15(10-21)18(20)23-11-24-19)14-9-16-22-7-8-27(16)26-17(14)13-5-3-2-4-6-13/h2-9,11-12H,1H3,(H,23,24,25). The van der Waals surface area contributed by atoms with Gasteiger partial charge in [0.1, 0.15) is 23.8 Å². The number of hydrogen-bond donors (Lipinski definition) is 1. The lowest BCUT2D eigenvalue weighted by molar-refractivity contribution is 0.839. The van der Waals surface area contributed by atoms with E-state index in [1.807, 2.05) is 55.6 Å². The molecule has 1 N–H and O–H groups in total. The molecule has 7 nitrogen and oxygen atoms in total. The number of fused-ring (bicyclic) bond motifs is 1. The highest BCUT2D eigenvalue weighted by molar-refractivity contribution is 6.30. The minimum atomic E-state index is -0.201. The SMILES string of the molecule is CC(Nc1ncnc(Cl)c1C#N)c1cc2nccn2nc1-c1ccccc1. The molecule has 1 atom stereocenters. The second kappa shape index (κ2) is 7.02. The van der Waals surface area contributed by atoms with Crippen molar-refractivity contribution in [2.45, 2.75) is 13.0 Å². The van der Waals surface area contributed by atoms with E-state index in [0.717, 1.165) is 22.5 Å². The Morgan fingerprint density at radius 1 is 1.19 bits per heavy atom. The summed E-state index contributed by atoms with van der Waals surface area (Å²) in [7, 11) is 0. The molecule has 8 heteroatoms. The van der Waals surface area contributed by atoms with Gasteiger partial charge in [-0.3, -0.25) is 0 Å². The molecule has 0 fully saturated rings. The maximum atomic E-state index is 9.35. The van der Waals surface area contributed by atoms with Crippen LogP contribution >= 0.6 is 11.6 Å². The molecule has 27 heavy (non-hydrogen) atoms. The lowest BCUT2D eigenvalue weighted by atomic mass is 10.0. The molecular formula is C19H14ClN7. The molecule has 3 aromatic heterocycles. The molecule has 1 aromatic carbocycles. The van der Waals surface area contributed by atoms with Crippen molar-refractivity contribution in [2.75, 3.05) is 5.32 Å². The van der Waals surface area contributed by atoms with E-state index in [1.54, 1.807) is 10.7 Å². The molecule has 132 valence electrons. The number of nitrogens with one attached hydrogen (secondary N) is 1. The van der Waals surface area contributed by atoms with Gasteiger partial charge in [-0.25, -0.2) is 19.5 Å². The average Bonchev–Trinajstić information content (AvgIpc) is 3.15. The fraction of sp³-hybridized carbons (Fsp3) is 0.105. The molecule has 0 amide bonds. The quantitative estimate of drug-likeness (QED) is 0.544. The van der Waals surface area contributed by atoms with Crippen LogP contribution in [0.1, 0.15) is 24.1 Å². The molecular weight excluding hydrogens is 362 g/mol.